The molecule has 0 aromatic heterocycles. The van der Waals surface area contributed by atoms with E-state index in [1.54, 1.807) is 12.2 Å². The Labute approximate surface area is 183 Å². The van der Waals surface area contributed by atoms with Crippen molar-refractivity contribution in [3.8, 4) is 5.75 Å². The largest absolute Gasteiger partial charge is 0.491 e. The first-order valence-corrected chi connectivity index (χ1v) is 10.2. The van der Waals surface area contributed by atoms with Crippen LogP contribution in [0.2, 0.25) is 0 Å². The maximum absolute atomic E-state index is 12.7. The molecule has 4 atom stereocenters. The molecule has 1 fully saturated rings. The third-order valence-electron chi connectivity index (χ3n) is 5.00. The molecule has 0 amide bonds. The van der Waals surface area contributed by atoms with E-state index in [4.69, 9.17) is 14.6 Å². The molecule has 3 N–H and O–H groups in total. The summed E-state index contributed by atoms with van der Waals surface area (Å²) in [6.07, 6.45) is -2.70. The van der Waals surface area contributed by atoms with Crippen LogP contribution in [0.1, 0.15) is 37.7 Å². The highest BCUT2D eigenvalue weighted by Gasteiger charge is 2.41. The average Bonchev–Trinajstić information content (AvgIpc) is 2.99. The van der Waals surface area contributed by atoms with Gasteiger partial charge in [0, 0.05) is 18.8 Å². The smallest absolute Gasteiger partial charge is 0.416 e. The van der Waals surface area contributed by atoms with Gasteiger partial charge in [-0.15, -0.1) is 0 Å². The van der Waals surface area contributed by atoms with Crippen molar-refractivity contribution in [1.29, 1.82) is 0 Å². The van der Waals surface area contributed by atoms with Gasteiger partial charge in [0.1, 0.15) is 24.2 Å². The molecule has 4 unspecified atom stereocenters. The van der Waals surface area contributed by atoms with Crippen molar-refractivity contribution in [3.63, 3.8) is 0 Å². The summed E-state index contributed by atoms with van der Waals surface area (Å²) >= 11 is 0. The van der Waals surface area contributed by atoms with Crippen molar-refractivity contribution in [2.45, 2.75) is 56.6 Å². The predicted octanol–water partition coefficient (Wildman–Crippen LogP) is 2.98. The number of aliphatic hydroxyl groups is 2. The molecule has 1 aromatic carbocycles. The Balaban J connectivity index is 1.80. The number of carbonyl (C=O) groups is 2. The number of aliphatic carboxylic acids is 1. The third kappa shape index (κ3) is 8.25. The summed E-state index contributed by atoms with van der Waals surface area (Å²) in [7, 11) is 0. The number of allylic oxidation sites excluding steroid dienone is 2. The number of alkyl halides is 3. The maximum Gasteiger partial charge on any atom is 0.416 e. The molecule has 2 rings (SSSR count). The molecule has 0 heterocycles. The van der Waals surface area contributed by atoms with E-state index in [9.17, 15) is 33.0 Å². The molecule has 1 aliphatic rings. The highest BCUT2D eigenvalue weighted by Crippen LogP contribution is 2.31. The van der Waals surface area contributed by atoms with Gasteiger partial charge in [-0.2, -0.15) is 13.2 Å². The molecule has 1 aromatic rings. The van der Waals surface area contributed by atoms with Gasteiger partial charge in [-0.3, -0.25) is 9.59 Å². The minimum atomic E-state index is -4.51. The van der Waals surface area contributed by atoms with Crippen LogP contribution in [0.4, 0.5) is 13.2 Å². The number of carboxylic acids is 1. The van der Waals surface area contributed by atoms with Crippen LogP contribution < -0.4 is 4.74 Å². The molecule has 178 valence electrons. The number of ether oxygens (including phenoxy) is 2. The highest BCUT2D eigenvalue weighted by atomic mass is 19.4. The van der Waals surface area contributed by atoms with Gasteiger partial charge in [0.25, 0.3) is 0 Å². The van der Waals surface area contributed by atoms with Crippen molar-refractivity contribution < 1.29 is 47.6 Å². The maximum atomic E-state index is 12.7. The lowest BCUT2D eigenvalue weighted by molar-refractivity contribution is -0.138. The lowest BCUT2D eigenvalue weighted by Crippen LogP contribution is -2.34. The molecule has 32 heavy (non-hydrogen) atoms. The predicted molar refractivity (Wildman–Crippen MR) is 107 cm³/mol. The van der Waals surface area contributed by atoms with Crippen LogP contribution in [0.15, 0.2) is 36.4 Å². The summed E-state index contributed by atoms with van der Waals surface area (Å²) in [5.74, 6) is -1.71. The Morgan fingerprint density at radius 1 is 1.25 bits per heavy atom. The molecular weight excluding hydrogens is 433 g/mol. The van der Waals surface area contributed by atoms with E-state index in [0.717, 1.165) is 12.1 Å². The van der Waals surface area contributed by atoms with E-state index in [1.165, 1.54) is 12.1 Å². The van der Waals surface area contributed by atoms with Crippen molar-refractivity contribution in [1.82, 2.24) is 0 Å². The highest BCUT2D eigenvalue weighted by molar-refractivity contribution is 5.85. The van der Waals surface area contributed by atoms with E-state index in [-0.39, 0.29) is 37.6 Å². The zero-order valence-electron chi connectivity index (χ0n) is 17.3. The number of carboxylic acid groups (broad SMARTS) is 1. The summed E-state index contributed by atoms with van der Waals surface area (Å²) in [6, 6.07) is 4.26. The molecule has 10 heteroatoms. The molecular formula is C22H27F3O7. The number of rotatable bonds is 12. The fourth-order valence-electron chi connectivity index (χ4n) is 3.37. The van der Waals surface area contributed by atoms with Crippen molar-refractivity contribution in [2.75, 3.05) is 13.2 Å². The van der Waals surface area contributed by atoms with Gasteiger partial charge in [-0.05, 0) is 37.5 Å². The summed E-state index contributed by atoms with van der Waals surface area (Å²) in [4.78, 5) is 22.6. The van der Waals surface area contributed by atoms with Crippen LogP contribution in [-0.4, -0.2) is 58.6 Å². The molecule has 1 aliphatic carbocycles. The van der Waals surface area contributed by atoms with Crippen LogP contribution in [0, 0.1) is 5.92 Å². The molecule has 0 bridgehead atoms. The van der Waals surface area contributed by atoms with Crippen LogP contribution in [-0.2, 0) is 20.5 Å². The monoisotopic (exact) mass is 460 g/mol. The third-order valence-corrected chi connectivity index (χ3v) is 5.00. The van der Waals surface area contributed by atoms with Gasteiger partial charge in [-0.1, -0.05) is 18.2 Å². The number of halogens is 3. The Bertz CT molecular complexity index is 794. The van der Waals surface area contributed by atoms with Crippen LogP contribution in [0.3, 0.4) is 0 Å². The second-order valence-electron chi connectivity index (χ2n) is 7.63. The second kappa shape index (κ2) is 12.0. The van der Waals surface area contributed by atoms with Crippen LogP contribution >= 0.6 is 0 Å². The lowest BCUT2D eigenvalue weighted by Gasteiger charge is -2.22. The van der Waals surface area contributed by atoms with Gasteiger partial charge < -0.3 is 24.8 Å². The molecule has 0 saturated heterocycles. The Hall–Kier alpha value is -2.43. The summed E-state index contributed by atoms with van der Waals surface area (Å²) < 4.78 is 49.0. The number of carbonyl (C=O) groups excluding carboxylic acids is 1. The van der Waals surface area contributed by atoms with E-state index in [2.05, 4.69) is 0 Å². The number of Topliss-reactive ketones (excluding diaryl/α,β-unsaturated/α-hetero) is 1. The fraction of sp³-hybridized carbons (Fsp3) is 0.545. The fourth-order valence-corrected chi connectivity index (χ4v) is 3.37. The minimum Gasteiger partial charge on any atom is -0.491 e. The number of ketones is 1. The van der Waals surface area contributed by atoms with E-state index in [1.807, 2.05) is 0 Å². The van der Waals surface area contributed by atoms with E-state index in [0.29, 0.717) is 19.3 Å². The van der Waals surface area contributed by atoms with Crippen molar-refractivity contribution in [2.24, 2.45) is 5.92 Å². The van der Waals surface area contributed by atoms with Gasteiger partial charge in [0.05, 0.1) is 24.4 Å². The zero-order chi connectivity index (χ0) is 23.7. The van der Waals surface area contributed by atoms with Gasteiger partial charge in [0.15, 0.2) is 0 Å². The minimum absolute atomic E-state index is 0.0532. The first-order valence-electron chi connectivity index (χ1n) is 10.2. The van der Waals surface area contributed by atoms with E-state index < -0.39 is 41.9 Å². The van der Waals surface area contributed by atoms with Crippen molar-refractivity contribution >= 4 is 11.8 Å². The van der Waals surface area contributed by atoms with E-state index >= 15 is 0 Å². The summed E-state index contributed by atoms with van der Waals surface area (Å²) in [5.41, 5.74) is -0.868. The number of benzene rings is 1. The first-order chi connectivity index (χ1) is 15.1. The summed E-state index contributed by atoms with van der Waals surface area (Å²) in [5, 5.41) is 28.8. The topological polar surface area (TPSA) is 113 Å². The zero-order valence-corrected chi connectivity index (χ0v) is 17.3. The molecule has 0 spiro atoms. The quantitative estimate of drug-likeness (QED) is 0.325. The number of hydrogen-bond acceptors (Lipinski definition) is 6. The standard InChI is InChI=1S/C22H27F3O7/c23-22(24,25)14-6-5-7-16(10-14)31-12-15(26)13-32-21-17(18(27)11-19(21)28)8-3-1-2-4-9-20(29)30/h1,3,5-7,10,15,17,19,21,26,28H,2,4,8-9,11-13H2,(H,29,30)/b3-1+. The number of hydrogen-bond donors (Lipinski definition) is 3. The normalized spacial score (nSPS) is 22.4. The van der Waals surface area contributed by atoms with Gasteiger partial charge >= 0.3 is 12.1 Å². The molecule has 7 nitrogen and oxygen atoms in total. The molecule has 1 saturated carbocycles. The molecule has 0 aliphatic heterocycles. The summed E-state index contributed by atoms with van der Waals surface area (Å²) in [6.45, 7) is -0.598. The SMILES string of the molecule is O=C(O)CCC/C=C/CC1C(=O)CC(O)C1OCC(O)COc1cccc(C(F)(F)F)c1. The Morgan fingerprint density at radius 3 is 2.69 bits per heavy atom. The van der Waals surface area contributed by atoms with Gasteiger partial charge in [-0.25, -0.2) is 0 Å². The second-order valence-corrected chi connectivity index (χ2v) is 7.63. The Morgan fingerprint density at radius 2 is 2.00 bits per heavy atom. The number of unbranched alkanes of at least 4 members (excludes halogenated alkanes) is 1. The average molecular weight is 460 g/mol. The first kappa shape index (κ1) is 25.8. The number of aliphatic hydroxyl groups excluding tert-OH is 2. The molecule has 0 radical (unpaired) electrons. The Kier molecular flexibility index (Phi) is 9.67. The lowest BCUT2D eigenvalue weighted by atomic mass is 9.99. The van der Waals surface area contributed by atoms with Gasteiger partial charge in [0.2, 0.25) is 0 Å². The van der Waals surface area contributed by atoms with Crippen LogP contribution in [0.25, 0.3) is 0 Å². The van der Waals surface area contributed by atoms with Crippen molar-refractivity contribution in [3.05, 3.63) is 42.0 Å². The van der Waals surface area contributed by atoms with Crippen LogP contribution in [0.5, 0.6) is 5.75 Å².